The predicted octanol–water partition coefficient (Wildman–Crippen LogP) is 3.22. The molecule has 4 heterocycles. The zero-order valence-electron chi connectivity index (χ0n) is 17.8. The number of carbonyl (C=O) groups excluding carboxylic acids is 1. The lowest BCUT2D eigenvalue weighted by molar-refractivity contribution is 0.0954. The highest BCUT2D eigenvalue weighted by molar-refractivity contribution is 5.99. The number of nitrogens with one attached hydrogen (secondary N) is 1. The maximum absolute atomic E-state index is 13.1. The Morgan fingerprint density at radius 1 is 1.03 bits per heavy atom. The first-order chi connectivity index (χ1) is 15.8. The van der Waals surface area contributed by atoms with E-state index in [-0.39, 0.29) is 5.91 Å². The topological polar surface area (TPSA) is 90.5 Å². The predicted molar refractivity (Wildman–Crippen MR) is 120 cm³/mol. The summed E-state index contributed by atoms with van der Waals surface area (Å²) in [6, 6.07) is 13.5. The third-order valence-corrected chi connectivity index (χ3v) is 5.73. The van der Waals surface area contributed by atoms with Gasteiger partial charge in [0.1, 0.15) is 17.3 Å². The third-order valence-electron chi connectivity index (χ3n) is 5.73. The first-order valence-corrected chi connectivity index (χ1v) is 11.0. The number of nitrogens with zero attached hydrogens (tertiary/aromatic N) is 6. The summed E-state index contributed by atoms with van der Waals surface area (Å²) < 4.78 is 3.95. The van der Waals surface area contributed by atoms with E-state index in [1.807, 2.05) is 42.5 Å². The molecule has 1 amide bonds. The number of benzene rings is 1. The van der Waals surface area contributed by atoms with Crippen LogP contribution in [0, 0.1) is 0 Å². The summed E-state index contributed by atoms with van der Waals surface area (Å²) in [5, 5.41) is 16.4. The van der Waals surface area contributed by atoms with Gasteiger partial charge in [0.15, 0.2) is 0 Å². The van der Waals surface area contributed by atoms with Crippen molar-refractivity contribution in [2.75, 3.05) is 6.54 Å². The summed E-state index contributed by atoms with van der Waals surface area (Å²) in [6.45, 7) is 1.45. The molecule has 0 radical (unpaired) electrons. The summed E-state index contributed by atoms with van der Waals surface area (Å²) in [5.74, 6) is 1.84. The van der Waals surface area contributed by atoms with Crippen LogP contribution in [0.25, 0.3) is 16.9 Å². The van der Waals surface area contributed by atoms with Crippen LogP contribution in [0.2, 0.25) is 0 Å². The fourth-order valence-electron chi connectivity index (χ4n) is 4.08. The number of fused-ring (bicyclic) bond motifs is 1. The van der Waals surface area contributed by atoms with Crippen molar-refractivity contribution in [1.82, 2.24) is 34.8 Å². The van der Waals surface area contributed by atoms with E-state index in [2.05, 4.69) is 30.2 Å². The minimum Gasteiger partial charge on any atom is -0.351 e. The Balaban J connectivity index is 1.35. The molecule has 1 aliphatic rings. The van der Waals surface area contributed by atoms with Crippen LogP contribution in [0.4, 0.5) is 0 Å². The number of aryl methyl sites for hydroxylation is 1. The molecule has 0 fully saturated rings. The van der Waals surface area contributed by atoms with Crippen LogP contribution in [0.3, 0.4) is 0 Å². The molecule has 32 heavy (non-hydrogen) atoms. The molecule has 0 atom stereocenters. The minimum atomic E-state index is -0.165. The summed E-state index contributed by atoms with van der Waals surface area (Å²) in [6.07, 6.45) is 10.4. The van der Waals surface area contributed by atoms with E-state index in [0.717, 1.165) is 48.7 Å². The maximum atomic E-state index is 13.1. The Hall–Kier alpha value is -3.81. The van der Waals surface area contributed by atoms with Crippen LogP contribution in [-0.2, 0) is 19.4 Å². The number of carbonyl (C=O) groups is 1. The third kappa shape index (κ3) is 4.16. The number of rotatable bonds is 6. The second kappa shape index (κ2) is 9.13. The van der Waals surface area contributed by atoms with Crippen LogP contribution >= 0.6 is 0 Å². The minimum absolute atomic E-state index is 0.165. The molecule has 0 aliphatic carbocycles. The Morgan fingerprint density at radius 2 is 1.94 bits per heavy atom. The van der Waals surface area contributed by atoms with E-state index in [1.54, 1.807) is 23.3 Å². The van der Waals surface area contributed by atoms with E-state index < -0.39 is 0 Å². The second-order valence-electron chi connectivity index (χ2n) is 7.91. The fraction of sp³-hybridized carbons (Fsp3) is 0.292. The van der Waals surface area contributed by atoms with Gasteiger partial charge in [-0.1, -0.05) is 24.6 Å². The van der Waals surface area contributed by atoms with Gasteiger partial charge in [0.2, 0.25) is 0 Å². The highest BCUT2D eigenvalue weighted by atomic mass is 16.1. The van der Waals surface area contributed by atoms with Crippen LogP contribution in [0.5, 0.6) is 0 Å². The highest BCUT2D eigenvalue weighted by Gasteiger charge is 2.19. The zero-order chi connectivity index (χ0) is 21.8. The van der Waals surface area contributed by atoms with Crippen molar-refractivity contribution in [3.05, 3.63) is 78.3 Å². The molecule has 0 unspecified atom stereocenters. The molecule has 8 heteroatoms. The van der Waals surface area contributed by atoms with Crippen LogP contribution < -0.4 is 5.32 Å². The standard InChI is InChI=1S/C24H25N7O/c32-24(26-14-12-22-28-27-21-11-5-2-6-15-30(21)22)20-17-31(19-9-3-1-4-10-19)29-23(20)18-8-7-13-25-16-18/h1,3-4,7-10,13,16-17H,2,5-6,11-12,14-15H2,(H,26,32). The Labute approximate surface area is 186 Å². The van der Waals surface area contributed by atoms with Gasteiger partial charge in [0, 0.05) is 50.1 Å². The molecule has 1 aliphatic heterocycles. The van der Waals surface area contributed by atoms with Crippen molar-refractivity contribution in [2.45, 2.75) is 38.6 Å². The van der Waals surface area contributed by atoms with Crippen molar-refractivity contribution in [3.63, 3.8) is 0 Å². The normalized spacial score (nSPS) is 13.4. The summed E-state index contributed by atoms with van der Waals surface area (Å²) >= 11 is 0. The van der Waals surface area contributed by atoms with Crippen LogP contribution in [0.1, 0.15) is 41.3 Å². The molecule has 0 spiro atoms. The molecule has 0 bridgehead atoms. The van der Waals surface area contributed by atoms with Gasteiger partial charge in [0.25, 0.3) is 5.91 Å². The van der Waals surface area contributed by atoms with Crippen LogP contribution in [0.15, 0.2) is 61.1 Å². The lowest BCUT2D eigenvalue weighted by Gasteiger charge is -2.08. The first kappa shape index (κ1) is 20.1. The van der Waals surface area contributed by atoms with Gasteiger partial charge in [-0.25, -0.2) is 4.68 Å². The molecule has 162 valence electrons. The van der Waals surface area contributed by atoms with Gasteiger partial charge in [-0.3, -0.25) is 9.78 Å². The number of para-hydroxylation sites is 1. The van der Waals surface area contributed by atoms with E-state index in [9.17, 15) is 4.79 Å². The van der Waals surface area contributed by atoms with E-state index in [1.165, 1.54) is 6.42 Å². The van der Waals surface area contributed by atoms with Crippen molar-refractivity contribution >= 4 is 5.91 Å². The van der Waals surface area contributed by atoms with E-state index in [0.29, 0.717) is 24.2 Å². The molecular formula is C24H25N7O. The monoisotopic (exact) mass is 427 g/mol. The zero-order valence-corrected chi connectivity index (χ0v) is 17.8. The number of hydrogen-bond acceptors (Lipinski definition) is 5. The molecule has 8 nitrogen and oxygen atoms in total. The van der Waals surface area contributed by atoms with Gasteiger partial charge >= 0.3 is 0 Å². The Kier molecular flexibility index (Phi) is 5.74. The molecule has 5 rings (SSSR count). The largest absolute Gasteiger partial charge is 0.351 e. The molecule has 1 aromatic carbocycles. The van der Waals surface area contributed by atoms with Crippen LogP contribution in [-0.4, -0.2) is 42.0 Å². The lowest BCUT2D eigenvalue weighted by Crippen LogP contribution is -2.26. The van der Waals surface area contributed by atoms with Crippen molar-refractivity contribution in [3.8, 4) is 16.9 Å². The smallest absolute Gasteiger partial charge is 0.255 e. The fourth-order valence-corrected chi connectivity index (χ4v) is 4.08. The average Bonchev–Trinajstić information content (AvgIpc) is 3.38. The van der Waals surface area contributed by atoms with Gasteiger partial charge in [-0.2, -0.15) is 5.10 Å². The maximum Gasteiger partial charge on any atom is 0.255 e. The van der Waals surface area contributed by atoms with Crippen molar-refractivity contribution in [2.24, 2.45) is 0 Å². The van der Waals surface area contributed by atoms with Gasteiger partial charge < -0.3 is 9.88 Å². The Bertz CT molecular complexity index is 1200. The summed E-state index contributed by atoms with van der Waals surface area (Å²) in [5.41, 5.74) is 2.82. The second-order valence-corrected chi connectivity index (χ2v) is 7.91. The summed E-state index contributed by atoms with van der Waals surface area (Å²) in [7, 11) is 0. The molecule has 4 aromatic rings. The van der Waals surface area contributed by atoms with E-state index >= 15 is 0 Å². The van der Waals surface area contributed by atoms with E-state index in [4.69, 9.17) is 0 Å². The molecular weight excluding hydrogens is 402 g/mol. The SMILES string of the molecule is O=C(NCCc1nnc2n1CCCCC2)c1cn(-c2ccccc2)nc1-c1cccnc1. The van der Waals surface area contributed by atoms with Gasteiger partial charge in [-0.15, -0.1) is 10.2 Å². The van der Waals surface area contributed by atoms with Gasteiger partial charge in [-0.05, 0) is 37.1 Å². The number of pyridine rings is 1. The number of hydrogen-bond donors (Lipinski definition) is 1. The van der Waals surface area contributed by atoms with Crippen molar-refractivity contribution in [1.29, 1.82) is 0 Å². The molecule has 1 N–H and O–H groups in total. The lowest BCUT2D eigenvalue weighted by atomic mass is 10.1. The number of aromatic nitrogens is 6. The molecule has 0 saturated carbocycles. The molecule has 0 saturated heterocycles. The highest BCUT2D eigenvalue weighted by Crippen LogP contribution is 2.23. The van der Waals surface area contributed by atoms with Gasteiger partial charge in [0.05, 0.1) is 11.3 Å². The van der Waals surface area contributed by atoms with Crippen molar-refractivity contribution < 1.29 is 4.79 Å². The molecule has 3 aromatic heterocycles. The first-order valence-electron chi connectivity index (χ1n) is 11.0. The summed E-state index contributed by atoms with van der Waals surface area (Å²) in [4.78, 5) is 17.3. The Morgan fingerprint density at radius 3 is 2.78 bits per heavy atom. The quantitative estimate of drug-likeness (QED) is 0.510. The number of amides is 1. The average molecular weight is 428 g/mol.